The monoisotopic (exact) mass is 277 g/mol. The molecule has 0 radical (unpaired) electrons. The maximum atomic E-state index is 3.88. The van der Waals surface area contributed by atoms with Crippen molar-refractivity contribution in [3.05, 3.63) is 71.3 Å². The second kappa shape index (κ2) is 5.31. The molecule has 2 atom stereocenters. The number of hydrogen-bond donors (Lipinski definition) is 1. The highest BCUT2D eigenvalue weighted by Crippen LogP contribution is 2.40. The highest BCUT2D eigenvalue weighted by Gasteiger charge is 2.38. The molecule has 2 aromatic rings. The van der Waals surface area contributed by atoms with Crippen molar-refractivity contribution in [2.24, 2.45) is 0 Å². The molecule has 1 heteroatoms. The molecule has 1 nitrogen and oxygen atoms in total. The van der Waals surface area contributed by atoms with Crippen LogP contribution in [0.3, 0.4) is 0 Å². The average Bonchev–Trinajstić information content (AvgIpc) is 2.56. The summed E-state index contributed by atoms with van der Waals surface area (Å²) in [5.74, 6) is 0.720. The molecular weight excluding hydrogens is 254 g/mol. The Bertz CT molecular complexity index is 619. The van der Waals surface area contributed by atoms with Gasteiger partial charge in [0.25, 0.3) is 0 Å². The lowest BCUT2D eigenvalue weighted by molar-refractivity contribution is 0.205. The predicted octanol–water partition coefficient (Wildman–Crippen LogP) is 4.08. The summed E-state index contributed by atoms with van der Waals surface area (Å²) in [6.07, 6.45) is 6.27. The molecule has 0 saturated carbocycles. The van der Waals surface area contributed by atoms with Gasteiger partial charge in [-0.25, -0.2) is 0 Å². The standard InChI is InChI=1S/C20H23N/c1-2-6-16(7-3-1)19-11-13-21-20(15-19)12-10-17-8-4-5-9-18(17)14-20/h1-9,19,21H,10-15H2. The smallest absolute Gasteiger partial charge is 0.0230 e. The van der Waals surface area contributed by atoms with Gasteiger partial charge in [-0.3, -0.25) is 0 Å². The summed E-state index contributed by atoms with van der Waals surface area (Å²) in [5.41, 5.74) is 4.97. The first-order chi connectivity index (χ1) is 10.3. The molecule has 1 N–H and O–H groups in total. The molecular formula is C20H23N. The molecule has 4 rings (SSSR count). The zero-order valence-electron chi connectivity index (χ0n) is 12.5. The minimum atomic E-state index is 0.326. The Balaban J connectivity index is 1.59. The first-order valence-corrected chi connectivity index (χ1v) is 8.21. The van der Waals surface area contributed by atoms with Crippen LogP contribution < -0.4 is 5.32 Å². The summed E-state index contributed by atoms with van der Waals surface area (Å²) in [6, 6.07) is 20.1. The van der Waals surface area contributed by atoms with Gasteiger partial charge in [0.2, 0.25) is 0 Å². The van der Waals surface area contributed by atoms with Gasteiger partial charge >= 0.3 is 0 Å². The van der Waals surface area contributed by atoms with E-state index in [1.165, 1.54) is 37.7 Å². The zero-order chi connectivity index (χ0) is 14.1. The summed E-state index contributed by atoms with van der Waals surface area (Å²) < 4.78 is 0. The summed E-state index contributed by atoms with van der Waals surface area (Å²) >= 11 is 0. The third-order valence-electron chi connectivity index (χ3n) is 5.42. The minimum Gasteiger partial charge on any atom is -0.311 e. The Kier molecular flexibility index (Phi) is 3.31. The summed E-state index contributed by atoms with van der Waals surface area (Å²) in [7, 11) is 0. The fourth-order valence-electron chi connectivity index (χ4n) is 4.29. The van der Waals surface area contributed by atoms with E-state index in [2.05, 4.69) is 59.9 Å². The van der Waals surface area contributed by atoms with E-state index >= 15 is 0 Å². The van der Waals surface area contributed by atoms with Gasteiger partial charge in [-0.15, -0.1) is 0 Å². The first-order valence-electron chi connectivity index (χ1n) is 8.21. The van der Waals surface area contributed by atoms with Crippen molar-refractivity contribution in [3.8, 4) is 0 Å². The summed E-state index contributed by atoms with van der Waals surface area (Å²) in [6.45, 7) is 1.15. The van der Waals surface area contributed by atoms with Crippen LogP contribution in [0.1, 0.15) is 41.9 Å². The van der Waals surface area contributed by atoms with Gasteiger partial charge < -0.3 is 5.32 Å². The lowest BCUT2D eigenvalue weighted by atomic mass is 9.69. The molecule has 1 aliphatic carbocycles. The first kappa shape index (κ1) is 13.1. The number of rotatable bonds is 1. The van der Waals surface area contributed by atoms with Gasteiger partial charge in [-0.1, -0.05) is 54.6 Å². The van der Waals surface area contributed by atoms with Crippen LogP contribution in [0, 0.1) is 0 Å². The minimum absolute atomic E-state index is 0.326. The molecule has 0 aromatic heterocycles. The maximum Gasteiger partial charge on any atom is 0.0230 e. The van der Waals surface area contributed by atoms with Gasteiger partial charge in [0.15, 0.2) is 0 Å². The van der Waals surface area contributed by atoms with Crippen molar-refractivity contribution in [1.82, 2.24) is 5.32 Å². The number of fused-ring (bicyclic) bond motifs is 1. The van der Waals surface area contributed by atoms with Gasteiger partial charge in [-0.2, -0.15) is 0 Å². The van der Waals surface area contributed by atoms with E-state index in [0.29, 0.717) is 5.54 Å². The summed E-state index contributed by atoms with van der Waals surface area (Å²) in [5, 5.41) is 3.88. The normalized spacial score (nSPS) is 28.3. The zero-order valence-corrected chi connectivity index (χ0v) is 12.5. The molecule has 1 heterocycles. The van der Waals surface area contributed by atoms with Crippen molar-refractivity contribution in [3.63, 3.8) is 0 Å². The molecule has 2 unspecified atom stereocenters. The average molecular weight is 277 g/mol. The van der Waals surface area contributed by atoms with Gasteiger partial charge in [0.1, 0.15) is 0 Å². The molecule has 2 aliphatic rings. The van der Waals surface area contributed by atoms with Crippen LogP contribution in [-0.4, -0.2) is 12.1 Å². The molecule has 2 aromatic carbocycles. The lowest BCUT2D eigenvalue weighted by Gasteiger charge is -2.45. The van der Waals surface area contributed by atoms with Gasteiger partial charge in [-0.05, 0) is 61.3 Å². The summed E-state index contributed by atoms with van der Waals surface area (Å²) in [4.78, 5) is 0. The molecule has 0 amide bonds. The quantitative estimate of drug-likeness (QED) is 0.828. The van der Waals surface area contributed by atoms with E-state index in [9.17, 15) is 0 Å². The van der Waals surface area contributed by atoms with Gasteiger partial charge in [0.05, 0.1) is 0 Å². The Morgan fingerprint density at radius 2 is 1.67 bits per heavy atom. The number of hydrogen-bond acceptors (Lipinski definition) is 1. The van der Waals surface area contributed by atoms with Crippen LogP contribution in [-0.2, 0) is 12.8 Å². The van der Waals surface area contributed by atoms with Crippen molar-refractivity contribution in [2.45, 2.75) is 43.6 Å². The Hall–Kier alpha value is -1.60. The highest BCUT2D eigenvalue weighted by molar-refractivity contribution is 5.33. The van der Waals surface area contributed by atoms with Crippen LogP contribution in [0.4, 0.5) is 0 Å². The molecule has 1 saturated heterocycles. The number of benzene rings is 2. The SMILES string of the molecule is c1ccc(C2CCNC3(CCc4ccccc4C3)C2)cc1. The van der Waals surface area contributed by atoms with Crippen LogP contribution in [0.15, 0.2) is 54.6 Å². The molecule has 1 aliphatic heterocycles. The van der Waals surface area contributed by atoms with Crippen LogP contribution in [0.25, 0.3) is 0 Å². The number of nitrogens with one attached hydrogen (secondary N) is 1. The number of piperidine rings is 1. The highest BCUT2D eigenvalue weighted by atomic mass is 15.0. The largest absolute Gasteiger partial charge is 0.311 e. The van der Waals surface area contributed by atoms with E-state index in [1.807, 2.05) is 0 Å². The van der Waals surface area contributed by atoms with E-state index in [1.54, 1.807) is 11.1 Å². The van der Waals surface area contributed by atoms with Gasteiger partial charge in [0, 0.05) is 5.54 Å². The topological polar surface area (TPSA) is 12.0 Å². The fraction of sp³-hybridized carbons (Fsp3) is 0.400. The van der Waals surface area contributed by atoms with Crippen molar-refractivity contribution < 1.29 is 0 Å². The van der Waals surface area contributed by atoms with Crippen molar-refractivity contribution >= 4 is 0 Å². The molecule has 108 valence electrons. The Morgan fingerprint density at radius 3 is 2.52 bits per heavy atom. The third-order valence-corrected chi connectivity index (χ3v) is 5.42. The second-order valence-electron chi connectivity index (χ2n) is 6.75. The molecule has 0 bridgehead atoms. The molecule has 1 spiro atoms. The predicted molar refractivity (Wildman–Crippen MR) is 87.6 cm³/mol. The van der Waals surface area contributed by atoms with Crippen LogP contribution in [0.2, 0.25) is 0 Å². The Morgan fingerprint density at radius 1 is 0.905 bits per heavy atom. The van der Waals surface area contributed by atoms with E-state index in [-0.39, 0.29) is 0 Å². The van der Waals surface area contributed by atoms with E-state index in [0.717, 1.165) is 12.5 Å². The maximum absolute atomic E-state index is 3.88. The second-order valence-corrected chi connectivity index (χ2v) is 6.75. The van der Waals surface area contributed by atoms with Crippen LogP contribution >= 0.6 is 0 Å². The molecule has 1 fully saturated rings. The van der Waals surface area contributed by atoms with Crippen molar-refractivity contribution in [1.29, 1.82) is 0 Å². The molecule has 21 heavy (non-hydrogen) atoms. The van der Waals surface area contributed by atoms with Crippen LogP contribution in [0.5, 0.6) is 0 Å². The lowest BCUT2D eigenvalue weighted by Crippen LogP contribution is -2.53. The fourth-order valence-corrected chi connectivity index (χ4v) is 4.29. The van der Waals surface area contributed by atoms with E-state index in [4.69, 9.17) is 0 Å². The third kappa shape index (κ3) is 2.51. The Labute approximate surface area is 127 Å². The number of aryl methyl sites for hydroxylation is 1. The van der Waals surface area contributed by atoms with Crippen molar-refractivity contribution in [2.75, 3.05) is 6.54 Å². The van der Waals surface area contributed by atoms with E-state index < -0.39 is 0 Å².